The van der Waals surface area contributed by atoms with E-state index >= 15 is 0 Å². The van der Waals surface area contributed by atoms with Crippen LogP contribution in [0.1, 0.15) is 31.8 Å². The second kappa shape index (κ2) is 8.17. The molecular weight excluding hydrogens is 435 g/mol. The van der Waals surface area contributed by atoms with Crippen molar-refractivity contribution in [2.75, 3.05) is 11.4 Å². The SMILES string of the molecule is O=C(NCc1ccc2c(c1)CCN2C(=O)c1ccc(F)cc1)c1ccccc1Br. The first-order valence-corrected chi connectivity index (χ1v) is 10.0. The standard InChI is InChI=1S/C23H18BrFN2O2/c24-20-4-2-1-3-19(20)22(28)26-14-15-5-10-21-17(13-15)11-12-27(21)23(29)16-6-8-18(25)9-7-16/h1-10,13H,11-12,14H2,(H,26,28). The fourth-order valence-corrected chi connectivity index (χ4v) is 3.91. The molecule has 0 radical (unpaired) electrons. The lowest BCUT2D eigenvalue weighted by atomic mass is 10.1. The second-order valence-corrected chi connectivity index (χ2v) is 7.69. The van der Waals surface area contributed by atoms with Gasteiger partial charge in [-0.05, 0) is 75.9 Å². The highest BCUT2D eigenvalue weighted by Crippen LogP contribution is 2.30. The van der Waals surface area contributed by atoms with Crippen LogP contribution in [-0.4, -0.2) is 18.4 Å². The van der Waals surface area contributed by atoms with Gasteiger partial charge in [0.05, 0.1) is 5.56 Å². The van der Waals surface area contributed by atoms with E-state index in [2.05, 4.69) is 21.2 Å². The fourth-order valence-electron chi connectivity index (χ4n) is 3.45. The van der Waals surface area contributed by atoms with E-state index in [1.807, 2.05) is 36.4 Å². The molecule has 0 aromatic heterocycles. The molecule has 4 nitrogen and oxygen atoms in total. The number of nitrogens with one attached hydrogen (secondary N) is 1. The van der Waals surface area contributed by atoms with Gasteiger partial charge in [0.25, 0.3) is 11.8 Å². The van der Waals surface area contributed by atoms with Crippen LogP contribution in [0.2, 0.25) is 0 Å². The Bertz CT molecular complexity index is 1080. The van der Waals surface area contributed by atoms with Gasteiger partial charge in [0, 0.05) is 28.8 Å². The van der Waals surface area contributed by atoms with E-state index in [0.717, 1.165) is 27.7 Å². The van der Waals surface area contributed by atoms with Crippen molar-refractivity contribution in [3.8, 4) is 0 Å². The highest BCUT2D eigenvalue weighted by molar-refractivity contribution is 9.10. The number of hydrogen-bond acceptors (Lipinski definition) is 2. The van der Waals surface area contributed by atoms with Crippen LogP contribution in [0.25, 0.3) is 0 Å². The summed E-state index contributed by atoms with van der Waals surface area (Å²) in [6, 6.07) is 18.7. The zero-order valence-corrected chi connectivity index (χ0v) is 17.1. The number of carbonyl (C=O) groups is 2. The zero-order valence-electron chi connectivity index (χ0n) is 15.5. The van der Waals surface area contributed by atoms with Crippen LogP contribution in [0.15, 0.2) is 71.2 Å². The summed E-state index contributed by atoms with van der Waals surface area (Å²) in [6.45, 7) is 0.984. The van der Waals surface area contributed by atoms with Crippen molar-refractivity contribution < 1.29 is 14.0 Å². The Labute approximate surface area is 176 Å². The fraction of sp³-hybridized carbons (Fsp3) is 0.130. The van der Waals surface area contributed by atoms with E-state index in [1.165, 1.54) is 24.3 Å². The number of nitrogens with zero attached hydrogens (tertiary/aromatic N) is 1. The monoisotopic (exact) mass is 452 g/mol. The molecule has 146 valence electrons. The number of carbonyl (C=O) groups excluding carboxylic acids is 2. The minimum atomic E-state index is -0.363. The maximum Gasteiger partial charge on any atom is 0.258 e. The first-order valence-electron chi connectivity index (χ1n) is 9.25. The Balaban J connectivity index is 1.46. The smallest absolute Gasteiger partial charge is 0.258 e. The zero-order chi connectivity index (χ0) is 20.4. The Hall–Kier alpha value is -2.99. The largest absolute Gasteiger partial charge is 0.348 e. The van der Waals surface area contributed by atoms with Gasteiger partial charge in [-0.2, -0.15) is 0 Å². The average molecular weight is 453 g/mol. The van der Waals surface area contributed by atoms with Crippen LogP contribution >= 0.6 is 15.9 Å². The van der Waals surface area contributed by atoms with E-state index in [-0.39, 0.29) is 17.6 Å². The average Bonchev–Trinajstić information content (AvgIpc) is 3.15. The molecule has 1 heterocycles. The predicted molar refractivity (Wildman–Crippen MR) is 114 cm³/mol. The van der Waals surface area contributed by atoms with Crippen molar-refractivity contribution >= 4 is 33.4 Å². The first kappa shape index (κ1) is 19.3. The Morgan fingerprint density at radius 1 is 1.03 bits per heavy atom. The number of hydrogen-bond donors (Lipinski definition) is 1. The Morgan fingerprint density at radius 3 is 2.55 bits per heavy atom. The number of fused-ring (bicyclic) bond motifs is 1. The van der Waals surface area contributed by atoms with Gasteiger partial charge >= 0.3 is 0 Å². The predicted octanol–water partition coefficient (Wildman–Crippen LogP) is 4.72. The van der Waals surface area contributed by atoms with Crippen LogP contribution in [0, 0.1) is 5.82 Å². The minimum Gasteiger partial charge on any atom is -0.348 e. The number of rotatable bonds is 4. The molecule has 0 fully saturated rings. The van der Waals surface area contributed by atoms with Gasteiger partial charge in [-0.25, -0.2) is 4.39 Å². The van der Waals surface area contributed by atoms with Crippen molar-refractivity contribution in [2.24, 2.45) is 0 Å². The van der Waals surface area contributed by atoms with Gasteiger partial charge in [0.1, 0.15) is 5.82 Å². The molecule has 0 atom stereocenters. The number of amides is 2. The summed E-state index contributed by atoms with van der Waals surface area (Å²) in [4.78, 5) is 26.8. The summed E-state index contributed by atoms with van der Waals surface area (Å²) in [5.41, 5.74) is 3.95. The third-order valence-corrected chi connectivity index (χ3v) is 5.64. The molecule has 0 aliphatic carbocycles. The molecule has 1 aliphatic rings. The second-order valence-electron chi connectivity index (χ2n) is 6.84. The highest BCUT2D eigenvalue weighted by atomic mass is 79.9. The summed E-state index contributed by atoms with van der Waals surface area (Å²) in [5, 5.41) is 2.93. The van der Waals surface area contributed by atoms with E-state index < -0.39 is 0 Å². The van der Waals surface area contributed by atoms with Crippen LogP contribution in [0.5, 0.6) is 0 Å². The van der Waals surface area contributed by atoms with Crippen molar-refractivity contribution in [2.45, 2.75) is 13.0 Å². The van der Waals surface area contributed by atoms with E-state index in [4.69, 9.17) is 0 Å². The maximum atomic E-state index is 13.1. The summed E-state index contributed by atoms with van der Waals surface area (Å²) in [6.07, 6.45) is 0.744. The molecule has 1 N–H and O–H groups in total. The normalized spacial score (nSPS) is 12.6. The third-order valence-electron chi connectivity index (χ3n) is 4.95. The first-order chi connectivity index (χ1) is 14.0. The molecule has 2 amide bonds. The Kier molecular flexibility index (Phi) is 5.45. The molecule has 0 saturated carbocycles. The van der Waals surface area contributed by atoms with Gasteiger partial charge in [-0.3, -0.25) is 9.59 Å². The van der Waals surface area contributed by atoms with Gasteiger partial charge in [-0.15, -0.1) is 0 Å². The van der Waals surface area contributed by atoms with Crippen LogP contribution in [0.4, 0.5) is 10.1 Å². The molecule has 3 aromatic carbocycles. The highest BCUT2D eigenvalue weighted by Gasteiger charge is 2.25. The minimum absolute atomic E-state index is 0.140. The molecule has 0 saturated heterocycles. The van der Waals surface area contributed by atoms with Crippen LogP contribution in [-0.2, 0) is 13.0 Å². The topological polar surface area (TPSA) is 49.4 Å². The lowest BCUT2D eigenvalue weighted by molar-refractivity contribution is 0.0948. The van der Waals surface area contributed by atoms with Gasteiger partial charge < -0.3 is 10.2 Å². The van der Waals surface area contributed by atoms with Crippen molar-refractivity contribution in [1.82, 2.24) is 5.32 Å². The Morgan fingerprint density at radius 2 is 1.79 bits per heavy atom. The molecule has 6 heteroatoms. The molecule has 0 spiro atoms. The van der Waals surface area contributed by atoms with Crippen molar-refractivity contribution in [3.63, 3.8) is 0 Å². The summed E-state index contributed by atoms with van der Waals surface area (Å²) < 4.78 is 13.9. The lowest BCUT2D eigenvalue weighted by Gasteiger charge is -2.18. The van der Waals surface area contributed by atoms with Crippen molar-refractivity contribution in [1.29, 1.82) is 0 Å². The van der Waals surface area contributed by atoms with E-state index in [1.54, 1.807) is 11.0 Å². The molecule has 29 heavy (non-hydrogen) atoms. The van der Waals surface area contributed by atoms with Gasteiger partial charge in [0.15, 0.2) is 0 Å². The van der Waals surface area contributed by atoms with Crippen molar-refractivity contribution in [3.05, 3.63) is 99.3 Å². The number of benzene rings is 3. The molecule has 4 rings (SSSR count). The lowest BCUT2D eigenvalue weighted by Crippen LogP contribution is -2.28. The quantitative estimate of drug-likeness (QED) is 0.622. The van der Waals surface area contributed by atoms with Gasteiger partial charge in [-0.1, -0.05) is 24.3 Å². The summed E-state index contributed by atoms with van der Waals surface area (Å²) >= 11 is 3.39. The molecule has 0 bridgehead atoms. The van der Waals surface area contributed by atoms with Crippen LogP contribution < -0.4 is 10.2 Å². The molecule has 3 aromatic rings. The molecular formula is C23H18BrFN2O2. The van der Waals surface area contributed by atoms with E-state index in [9.17, 15) is 14.0 Å². The maximum absolute atomic E-state index is 13.1. The molecule has 1 aliphatic heterocycles. The van der Waals surface area contributed by atoms with E-state index in [0.29, 0.717) is 24.2 Å². The summed E-state index contributed by atoms with van der Waals surface area (Å²) in [5.74, 6) is -0.651. The summed E-state index contributed by atoms with van der Waals surface area (Å²) in [7, 11) is 0. The number of anilines is 1. The third kappa shape index (κ3) is 4.07. The number of halogens is 2. The van der Waals surface area contributed by atoms with Crippen LogP contribution in [0.3, 0.4) is 0 Å². The van der Waals surface area contributed by atoms with Gasteiger partial charge in [0.2, 0.25) is 0 Å². The molecule has 0 unspecified atom stereocenters.